The molecule has 0 aliphatic carbocycles. The van der Waals surface area contributed by atoms with Gasteiger partial charge in [0.05, 0.1) is 16.5 Å². The lowest BCUT2D eigenvalue weighted by molar-refractivity contribution is -0.376. The Morgan fingerprint density at radius 1 is 0.632 bits per heavy atom. The quantitative estimate of drug-likeness (QED) is 0.119. The van der Waals surface area contributed by atoms with Gasteiger partial charge in [0.1, 0.15) is 5.75 Å². The molecule has 0 unspecified atom stereocenters. The number of aliphatic hydroxyl groups is 1. The third-order valence-corrected chi connectivity index (χ3v) is 7.78. The van der Waals surface area contributed by atoms with Crippen LogP contribution >= 0.6 is 0 Å². The van der Waals surface area contributed by atoms with E-state index in [4.69, 9.17) is 4.74 Å². The topological polar surface area (TPSA) is 46.5 Å². The fraction of sp³-hybridized carbons (Fsp3) is 0.107. The summed E-state index contributed by atoms with van der Waals surface area (Å²) < 4.78 is 83.9. The predicted molar refractivity (Wildman–Crippen MR) is 129 cm³/mol. The van der Waals surface area contributed by atoms with Gasteiger partial charge < -0.3 is 9.84 Å². The number of carbonyl (C=O) groups is 1. The fourth-order valence-electron chi connectivity index (χ4n) is 3.69. The molecule has 0 bridgehead atoms. The number of hydrogen-bond acceptors (Lipinski definition) is 3. The second kappa shape index (κ2) is 10.5. The first-order valence-electron chi connectivity index (χ1n) is 11.0. The number of alkyl halides is 6. The average Bonchev–Trinajstić information content (AvgIpc) is 2.89. The van der Waals surface area contributed by atoms with Gasteiger partial charge in [-0.1, -0.05) is 54.6 Å². The molecule has 0 aromatic heterocycles. The minimum atomic E-state index is -6.02. The van der Waals surface area contributed by atoms with E-state index in [2.05, 4.69) is 0 Å². The summed E-state index contributed by atoms with van der Waals surface area (Å²) in [5, 5.41) is 9.52. The van der Waals surface area contributed by atoms with Crippen molar-refractivity contribution in [3.8, 4) is 5.75 Å². The molecular weight excluding hydrogens is 530 g/mol. The molecule has 0 amide bonds. The van der Waals surface area contributed by atoms with Crippen LogP contribution in [0.5, 0.6) is 5.75 Å². The molecule has 38 heavy (non-hydrogen) atoms. The molecule has 4 aromatic carbocycles. The summed E-state index contributed by atoms with van der Waals surface area (Å²) in [5.41, 5.74) is -6.38. The van der Waals surface area contributed by atoms with Crippen molar-refractivity contribution in [1.82, 2.24) is 0 Å². The summed E-state index contributed by atoms with van der Waals surface area (Å²) in [5.74, 6) is -1.15. The van der Waals surface area contributed by atoms with Gasteiger partial charge in [-0.05, 0) is 48.5 Å². The third-order valence-electron chi connectivity index (χ3n) is 5.57. The van der Waals surface area contributed by atoms with Crippen molar-refractivity contribution >= 4 is 16.9 Å². The summed E-state index contributed by atoms with van der Waals surface area (Å²) in [6, 6.07) is 28.2. The van der Waals surface area contributed by atoms with E-state index in [9.17, 15) is 36.2 Å². The monoisotopic (exact) mass is 549 g/mol. The molecule has 0 aliphatic rings. The zero-order valence-electron chi connectivity index (χ0n) is 19.3. The highest BCUT2D eigenvalue weighted by Gasteiger charge is 2.71. The Labute approximate surface area is 216 Å². The van der Waals surface area contributed by atoms with E-state index in [1.54, 1.807) is 12.1 Å². The second-order valence-corrected chi connectivity index (χ2v) is 10.1. The Morgan fingerprint density at radius 2 is 1.11 bits per heavy atom. The van der Waals surface area contributed by atoms with E-state index in [0.717, 1.165) is 26.8 Å². The van der Waals surface area contributed by atoms with Gasteiger partial charge in [-0.3, -0.25) is 0 Å². The van der Waals surface area contributed by atoms with Gasteiger partial charge in [-0.25, -0.2) is 4.79 Å². The molecule has 0 heterocycles. The van der Waals surface area contributed by atoms with Crippen LogP contribution in [0.25, 0.3) is 0 Å². The van der Waals surface area contributed by atoms with Gasteiger partial charge in [0, 0.05) is 11.6 Å². The molecule has 1 N–H and O–H groups in total. The molecule has 4 rings (SSSR count). The smallest absolute Gasteiger partial charge is 0.423 e. The van der Waals surface area contributed by atoms with Crippen LogP contribution in [0.15, 0.2) is 124 Å². The molecule has 0 fully saturated rings. The lowest BCUT2D eigenvalue weighted by atomic mass is 9.92. The van der Waals surface area contributed by atoms with E-state index < -0.39 is 40.4 Å². The molecule has 3 nitrogen and oxygen atoms in total. The summed E-state index contributed by atoms with van der Waals surface area (Å²) in [4.78, 5) is 15.6. The fourth-order valence-corrected chi connectivity index (χ4v) is 5.82. The normalized spacial score (nSPS) is 12.4. The van der Waals surface area contributed by atoms with Crippen LogP contribution in [0.1, 0.15) is 15.9 Å². The zero-order chi connectivity index (χ0) is 27.6. The summed E-state index contributed by atoms with van der Waals surface area (Å²) in [6.45, 7) is 0. The molecule has 0 atom stereocenters. The molecule has 10 heteroatoms. The maximum Gasteiger partial charge on any atom is 0.430 e. The van der Waals surface area contributed by atoms with Crippen molar-refractivity contribution in [1.29, 1.82) is 0 Å². The van der Waals surface area contributed by atoms with Gasteiger partial charge in [0.15, 0.2) is 14.7 Å². The Kier molecular flexibility index (Phi) is 7.57. The van der Waals surface area contributed by atoms with E-state index in [1.165, 1.54) is 6.07 Å². The van der Waals surface area contributed by atoms with Crippen molar-refractivity contribution in [2.24, 2.45) is 0 Å². The minimum absolute atomic E-state index is 0.137. The highest BCUT2D eigenvalue weighted by atomic mass is 32.2. The number of benzene rings is 4. The molecule has 0 radical (unpaired) electrons. The lowest BCUT2D eigenvalue weighted by Gasteiger charge is -2.32. The molecule has 0 spiro atoms. The van der Waals surface area contributed by atoms with Crippen molar-refractivity contribution in [3.63, 3.8) is 0 Å². The Bertz CT molecular complexity index is 1330. The maximum atomic E-state index is 13.1. The first-order valence-corrected chi connectivity index (χ1v) is 12.3. The second-order valence-electron chi connectivity index (χ2n) is 8.08. The molecule has 4 aromatic rings. The van der Waals surface area contributed by atoms with Gasteiger partial charge >= 0.3 is 18.3 Å². The maximum absolute atomic E-state index is 13.1. The van der Waals surface area contributed by atoms with Crippen LogP contribution < -0.4 is 4.74 Å². The molecule has 0 saturated heterocycles. The molecule has 196 valence electrons. The van der Waals surface area contributed by atoms with Crippen molar-refractivity contribution in [2.75, 3.05) is 0 Å². The molecule has 0 saturated carbocycles. The van der Waals surface area contributed by atoms with Crippen LogP contribution in [-0.2, 0) is 16.5 Å². The van der Waals surface area contributed by atoms with Crippen molar-refractivity contribution < 1.29 is 41.0 Å². The van der Waals surface area contributed by atoms with Crippen LogP contribution in [0.2, 0.25) is 0 Å². The van der Waals surface area contributed by atoms with Gasteiger partial charge in [0.25, 0.3) is 5.60 Å². The molecule has 0 aliphatic heterocycles. The van der Waals surface area contributed by atoms with Gasteiger partial charge in [0.2, 0.25) is 0 Å². The Hall–Kier alpha value is -3.76. The van der Waals surface area contributed by atoms with Crippen molar-refractivity contribution in [2.45, 2.75) is 32.6 Å². The van der Waals surface area contributed by atoms with Gasteiger partial charge in [-0.2, -0.15) is 26.3 Å². The van der Waals surface area contributed by atoms with Crippen LogP contribution in [0.3, 0.4) is 0 Å². The number of esters is 1. The first kappa shape index (κ1) is 27.3. The predicted octanol–water partition coefficient (Wildman–Crippen LogP) is 7.31. The highest BCUT2D eigenvalue weighted by Crippen LogP contribution is 2.50. The minimum Gasteiger partial charge on any atom is -0.423 e. The number of rotatable bonds is 6. The Balaban J connectivity index is 1.61. The third kappa shape index (κ3) is 5.41. The van der Waals surface area contributed by atoms with Crippen LogP contribution in [-0.4, -0.2) is 23.4 Å². The van der Waals surface area contributed by atoms with Crippen LogP contribution in [0.4, 0.5) is 26.3 Å². The largest absolute Gasteiger partial charge is 0.430 e. The van der Waals surface area contributed by atoms with E-state index in [-0.39, 0.29) is 11.3 Å². The molecular formula is C28H19F6O3S+. The summed E-state index contributed by atoms with van der Waals surface area (Å²) >= 11 is 0. The van der Waals surface area contributed by atoms with E-state index in [1.807, 2.05) is 66.7 Å². The van der Waals surface area contributed by atoms with Gasteiger partial charge in [-0.15, -0.1) is 0 Å². The number of carbonyl (C=O) groups excluding carboxylic acids is 1. The zero-order valence-corrected chi connectivity index (χ0v) is 20.1. The summed E-state index contributed by atoms with van der Waals surface area (Å²) in [7, 11) is -0.567. The number of ether oxygens (including phenoxy) is 1. The Morgan fingerprint density at radius 3 is 1.58 bits per heavy atom. The standard InChI is InChI=1S/C28H19F6O3S/c29-27(30,31)26(36,28(32,33)34)20-14-16-21(17-15-20)37-25(35)19-8-7-13-24(18-19)38(22-9-3-1-4-10-22)23-11-5-2-6-12-23/h1-18,36H/q+1. The van der Waals surface area contributed by atoms with Crippen LogP contribution in [0, 0.1) is 0 Å². The first-order chi connectivity index (χ1) is 17.9. The summed E-state index contributed by atoms with van der Waals surface area (Å²) in [6.07, 6.45) is -12.0. The van der Waals surface area contributed by atoms with E-state index >= 15 is 0 Å². The number of halogens is 6. The van der Waals surface area contributed by atoms with Crippen molar-refractivity contribution in [3.05, 3.63) is 120 Å². The SMILES string of the molecule is O=C(Oc1ccc(C(O)(C(F)(F)F)C(F)(F)F)cc1)c1cccc([S+](c2ccccc2)c2ccccc2)c1. The number of hydrogen-bond donors (Lipinski definition) is 1. The lowest BCUT2D eigenvalue weighted by Crippen LogP contribution is -2.53. The average molecular weight is 550 g/mol. The highest BCUT2D eigenvalue weighted by molar-refractivity contribution is 7.97. The van der Waals surface area contributed by atoms with E-state index in [0.29, 0.717) is 12.1 Å².